The maximum Gasteiger partial charge on any atom is 0.263 e. The highest BCUT2D eigenvalue weighted by molar-refractivity contribution is 7.91. The molecule has 0 aromatic heterocycles. The molecule has 11 nitrogen and oxygen atoms in total. The fraction of sp³-hybridized carbons (Fsp3) is 0.625. The summed E-state index contributed by atoms with van der Waals surface area (Å²) in [5, 5.41) is 5.22. The van der Waals surface area contributed by atoms with Crippen molar-refractivity contribution in [2.75, 3.05) is 6.54 Å². The van der Waals surface area contributed by atoms with E-state index in [0.29, 0.717) is 44.3 Å². The van der Waals surface area contributed by atoms with Crippen LogP contribution in [0.2, 0.25) is 0 Å². The Bertz CT molecular complexity index is 1490. The molecule has 4 fully saturated rings. The Morgan fingerprint density at radius 1 is 1.00 bits per heavy atom. The number of hydrogen-bond donors (Lipinski definition) is 3. The molecule has 0 bridgehead atoms. The first-order valence-corrected chi connectivity index (χ1v) is 17.2. The Balaban J connectivity index is 1.26. The van der Waals surface area contributed by atoms with E-state index in [0.717, 1.165) is 12.8 Å². The molecule has 0 spiro atoms. The van der Waals surface area contributed by atoms with Crippen molar-refractivity contribution in [2.45, 2.75) is 108 Å². The second-order valence-corrected chi connectivity index (χ2v) is 16.3. The largest absolute Gasteiger partial charge is 0.344 e. The van der Waals surface area contributed by atoms with Crippen molar-refractivity contribution < 1.29 is 27.6 Å². The quantitative estimate of drug-likeness (QED) is 0.355. The van der Waals surface area contributed by atoms with Gasteiger partial charge in [-0.15, -0.1) is 0 Å². The van der Waals surface area contributed by atoms with E-state index in [1.54, 1.807) is 4.90 Å². The number of amides is 4. The van der Waals surface area contributed by atoms with E-state index in [9.17, 15) is 27.6 Å². The molecule has 3 saturated carbocycles. The third kappa shape index (κ3) is 5.78. The van der Waals surface area contributed by atoms with Crippen LogP contribution in [0.3, 0.4) is 0 Å². The summed E-state index contributed by atoms with van der Waals surface area (Å²) in [6.45, 7) is 11.3. The van der Waals surface area contributed by atoms with E-state index in [2.05, 4.69) is 39.0 Å². The molecule has 238 valence electrons. The zero-order valence-corrected chi connectivity index (χ0v) is 26.5. The summed E-state index contributed by atoms with van der Waals surface area (Å²) in [6.07, 6.45) is 3.62. The van der Waals surface area contributed by atoms with Gasteiger partial charge in [0.1, 0.15) is 17.6 Å². The third-order valence-electron chi connectivity index (χ3n) is 9.92. The van der Waals surface area contributed by atoms with Gasteiger partial charge < -0.3 is 15.5 Å². The minimum Gasteiger partial charge on any atom is -0.344 e. The topological polar surface area (TPSA) is 145 Å². The van der Waals surface area contributed by atoms with Gasteiger partial charge in [0.25, 0.3) is 5.91 Å². The maximum absolute atomic E-state index is 14.3. The summed E-state index contributed by atoms with van der Waals surface area (Å²) >= 11 is 0. The van der Waals surface area contributed by atoms with Crippen molar-refractivity contribution in [3.05, 3.63) is 47.5 Å². The van der Waals surface area contributed by atoms with Crippen molar-refractivity contribution in [3.8, 4) is 0 Å². The molecule has 3 aliphatic carbocycles. The monoisotopic (exact) mass is 625 g/mol. The average molecular weight is 626 g/mol. The van der Waals surface area contributed by atoms with Crippen LogP contribution in [0.15, 0.2) is 36.4 Å². The van der Waals surface area contributed by atoms with Crippen LogP contribution in [0.5, 0.6) is 0 Å². The van der Waals surface area contributed by atoms with Gasteiger partial charge in [-0.1, -0.05) is 51.6 Å². The van der Waals surface area contributed by atoms with Crippen LogP contribution in [-0.2, 0) is 42.3 Å². The normalized spacial score (nSPS) is 27.7. The van der Waals surface area contributed by atoms with Crippen molar-refractivity contribution in [1.29, 1.82) is 0 Å². The molecule has 1 unspecified atom stereocenters. The highest BCUT2D eigenvalue weighted by atomic mass is 32.2. The molecule has 6 rings (SSSR count). The molecule has 1 saturated heterocycles. The van der Waals surface area contributed by atoms with Crippen LogP contribution < -0.4 is 15.4 Å². The predicted octanol–water partition coefficient (Wildman–Crippen LogP) is 1.73. The molecule has 0 radical (unpaired) electrons. The first kappa shape index (κ1) is 30.8. The molecule has 4 atom stereocenters. The summed E-state index contributed by atoms with van der Waals surface area (Å²) in [5.74, 6) is -1.91. The zero-order valence-electron chi connectivity index (χ0n) is 25.7. The molecule has 2 heterocycles. The average Bonchev–Trinajstić information content (AvgIpc) is 3.89. The SMILES string of the molecule is C=C1CCC1(NC(=O)[C@@H]1C[C@@H](N2Cc3ccccc3C2)CN1C(=O)[C@@H](NC(=O)C1CC1)C(C)(C)C)C(=O)NS(=O)(=O)C1CC1. The number of carbonyl (C=O) groups excluding carboxylic acids is 4. The molecule has 2 aliphatic heterocycles. The number of sulfonamides is 1. The number of fused-ring (bicyclic) bond motifs is 1. The van der Waals surface area contributed by atoms with Crippen LogP contribution in [0.25, 0.3) is 0 Å². The Hall–Kier alpha value is -3.25. The number of hydrogen-bond acceptors (Lipinski definition) is 7. The second-order valence-electron chi connectivity index (χ2n) is 14.3. The summed E-state index contributed by atoms with van der Waals surface area (Å²) in [7, 11) is -3.84. The van der Waals surface area contributed by atoms with Gasteiger partial charge in [0.15, 0.2) is 0 Å². The Labute approximate surface area is 259 Å². The van der Waals surface area contributed by atoms with E-state index in [1.807, 2.05) is 32.9 Å². The van der Waals surface area contributed by atoms with Gasteiger partial charge in [-0.25, -0.2) is 8.42 Å². The molecular weight excluding hydrogens is 582 g/mol. The molecule has 12 heteroatoms. The van der Waals surface area contributed by atoms with E-state index in [4.69, 9.17) is 0 Å². The Morgan fingerprint density at radius 2 is 1.64 bits per heavy atom. The first-order valence-electron chi connectivity index (χ1n) is 15.7. The van der Waals surface area contributed by atoms with Crippen LogP contribution in [0.4, 0.5) is 0 Å². The highest BCUT2D eigenvalue weighted by Crippen LogP contribution is 2.39. The Morgan fingerprint density at radius 3 is 2.14 bits per heavy atom. The second kappa shape index (κ2) is 11.0. The maximum atomic E-state index is 14.3. The van der Waals surface area contributed by atoms with Gasteiger partial charge in [-0.2, -0.15) is 0 Å². The fourth-order valence-corrected chi connectivity index (χ4v) is 7.97. The van der Waals surface area contributed by atoms with Gasteiger partial charge in [0, 0.05) is 31.6 Å². The van der Waals surface area contributed by atoms with E-state index in [-0.39, 0.29) is 36.7 Å². The molecule has 1 aromatic carbocycles. The standard InChI is InChI=1S/C32H43N5O6S/c1-19-13-14-32(19,30(41)35-44(42,43)24-11-12-24)34-28(39)25-15-23(36-16-21-7-5-6-8-22(21)17-36)18-37(25)29(40)26(31(2,3)4)33-27(38)20-9-10-20/h5-8,20,23-26H,1,9-18H2,2-4H3,(H,33,38)(H,34,39)(H,35,41)/t23-,25+,26-,32?/m1/s1. The molecular formula is C32H43N5O6S. The number of rotatable bonds is 9. The lowest BCUT2D eigenvalue weighted by Crippen LogP contribution is -2.67. The van der Waals surface area contributed by atoms with Crippen LogP contribution in [-0.4, -0.2) is 77.3 Å². The fourth-order valence-electron chi connectivity index (χ4n) is 6.61. The van der Waals surface area contributed by atoms with E-state index < -0.39 is 50.1 Å². The molecule has 5 aliphatic rings. The minimum atomic E-state index is -3.84. The van der Waals surface area contributed by atoms with Gasteiger partial charge in [0.05, 0.1) is 5.25 Å². The number of nitrogens with one attached hydrogen (secondary N) is 3. The summed E-state index contributed by atoms with van der Waals surface area (Å²) in [6, 6.07) is 6.27. The van der Waals surface area contributed by atoms with Crippen LogP contribution >= 0.6 is 0 Å². The van der Waals surface area contributed by atoms with E-state index in [1.165, 1.54) is 11.1 Å². The lowest BCUT2D eigenvalue weighted by atomic mass is 9.71. The summed E-state index contributed by atoms with van der Waals surface area (Å²) < 4.78 is 27.4. The van der Waals surface area contributed by atoms with Crippen molar-refractivity contribution in [1.82, 2.24) is 25.2 Å². The van der Waals surface area contributed by atoms with Gasteiger partial charge in [-0.3, -0.25) is 28.8 Å². The lowest BCUT2D eigenvalue weighted by molar-refractivity contribution is -0.145. The molecule has 1 aromatic rings. The Kier molecular flexibility index (Phi) is 7.67. The molecule has 4 amide bonds. The predicted molar refractivity (Wildman–Crippen MR) is 163 cm³/mol. The minimum absolute atomic E-state index is 0.0870. The van der Waals surface area contributed by atoms with Gasteiger partial charge in [0.2, 0.25) is 27.7 Å². The summed E-state index contributed by atoms with van der Waals surface area (Å²) in [5.41, 5.74) is 0.674. The molecule has 3 N–H and O–H groups in total. The highest BCUT2D eigenvalue weighted by Gasteiger charge is 2.54. The number of likely N-dealkylation sites (tertiary alicyclic amines) is 1. The van der Waals surface area contributed by atoms with Crippen molar-refractivity contribution >= 4 is 33.7 Å². The smallest absolute Gasteiger partial charge is 0.263 e. The van der Waals surface area contributed by atoms with Crippen molar-refractivity contribution in [3.63, 3.8) is 0 Å². The lowest BCUT2D eigenvalue weighted by Gasteiger charge is -2.44. The van der Waals surface area contributed by atoms with Crippen molar-refractivity contribution in [2.24, 2.45) is 11.3 Å². The van der Waals surface area contributed by atoms with E-state index >= 15 is 0 Å². The first-order chi connectivity index (χ1) is 20.7. The van der Waals surface area contributed by atoms with Gasteiger partial charge >= 0.3 is 0 Å². The van der Waals surface area contributed by atoms with Crippen LogP contribution in [0.1, 0.15) is 76.8 Å². The number of nitrogens with zero attached hydrogens (tertiary/aromatic N) is 2. The number of carbonyl (C=O) groups is 4. The summed E-state index contributed by atoms with van der Waals surface area (Å²) in [4.78, 5) is 58.5. The van der Waals surface area contributed by atoms with Gasteiger partial charge in [-0.05, 0) is 67.1 Å². The zero-order chi connectivity index (χ0) is 31.6. The molecule has 44 heavy (non-hydrogen) atoms. The number of benzene rings is 1. The van der Waals surface area contributed by atoms with Crippen LogP contribution in [0, 0.1) is 11.3 Å². The third-order valence-corrected chi connectivity index (χ3v) is 11.7.